The van der Waals surface area contributed by atoms with Crippen LogP contribution in [-0.2, 0) is 4.79 Å². The lowest BCUT2D eigenvalue weighted by molar-refractivity contribution is -0.115. The molecule has 1 atom stereocenters. The van der Waals surface area contributed by atoms with Crippen LogP contribution in [0.2, 0.25) is 0 Å². The lowest BCUT2D eigenvalue weighted by Crippen LogP contribution is -2.22. The molecular weight excluding hydrogens is 424 g/mol. The monoisotopic (exact) mass is 450 g/mol. The van der Waals surface area contributed by atoms with Crippen molar-refractivity contribution in [1.82, 2.24) is 0 Å². The molecule has 166 valence electrons. The molecule has 0 saturated heterocycles. The van der Waals surface area contributed by atoms with Gasteiger partial charge < -0.3 is 20.1 Å². The van der Waals surface area contributed by atoms with Crippen LogP contribution in [-0.4, -0.2) is 31.3 Å². The van der Waals surface area contributed by atoms with Gasteiger partial charge in [0.2, 0.25) is 5.91 Å². The molecule has 2 amide bonds. The van der Waals surface area contributed by atoms with Gasteiger partial charge in [-0.2, -0.15) is 0 Å². The predicted octanol–water partition coefficient (Wildman–Crippen LogP) is 5.38. The number of carbonyl (C=O) groups is 2. The van der Waals surface area contributed by atoms with Gasteiger partial charge in [0, 0.05) is 21.8 Å². The first-order valence-corrected chi connectivity index (χ1v) is 11.0. The molecule has 32 heavy (non-hydrogen) atoms. The van der Waals surface area contributed by atoms with Gasteiger partial charge in [0.25, 0.3) is 5.91 Å². The van der Waals surface area contributed by atoms with Crippen LogP contribution in [0.4, 0.5) is 11.4 Å². The van der Waals surface area contributed by atoms with E-state index in [1.165, 1.54) is 18.9 Å². The second-order valence-electron chi connectivity index (χ2n) is 7.11. The number of carbonyl (C=O) groups excluding carboxylic acids is 2. The summed E-state index contributed by atoms with van der Waals surface area (Å²) in [5, 5.41) is 5.56. The molecule has 6 nitrogen and oxygen atoms in total. The zero-order chi connectivity index (χ0) is 23.1. The second-order valence-corrected chi connectivity index (χ2v) is 8.53. The Labute approximate surface area is 192 Å². The van der Waals surface area contributed by atoms with Crippen LogP contribution in [0.3, 0.4) is 0 Å². The number of rotatable bonds is 8. The number of methoxy groups -OCH3 is 2. The molecule has 2 N–H and O–H groups in total. The van der Waals surface area contributed by atoms with E-state index in [0.717, 1.165) is 16.1 Å². The van der Waals surface area contributed by atoms with E-state index in [0.29, 0.717) is 22.7 Å². The van der Waals surface area contributed by atoms with Crippen LogP contribution in [0.5, 0.6) is 11.5 Å². The number of hydrogen-bond acceptors (Lipinski definition) is 5. The van der Waals surface area contributed by atoms with Crippen molar-refractivity contribution in [2.75, 3.05) is 24.9 Å². The smallest absolute Gasteiger partial charge is 0.255 e. The van der Waals surface area contributed by atoms with Crippen LogP contribution in [0.15, 0.2) is 71.6 Å². The highest BCUT2D eigenvalue weighted by Gasteiger charge is 2.16. The lowest BCUT2D eigenvalue weighted by Gasteiger charge is -2.14. The topological polar surface area (TPSA) is 76.7 Å². The van der Waals surface area contributed by atoms with Gasteiger partial charge in [-0.15, -0.1) is 11.8 Å². The average molecular weight is 451 g/mol. The van der Waals surface area contributed by atoms with Crippen molar-refractivity contribution >= 4 is 35.0 Å². The summed E-state index contributed by atoms with van der Waals surface area (Å²) in [5.41, 5.74) is 2.96. The van der Waals surface area contributed by atoms with Gasteiger partial charge in [-0.25, -0.2) is 0 Å². The zero-order valence-corrected chi connectivity index (χ0v) is 19.3. The van der Waals surface area contributed by atoms with Gasteiger partial charge in [0.05, 0.1) is 19.5 Å². The van der Waals surface area contributed by atoms with Crippen molar-refractivity contribution in [1.29, 1.82) is 0 Å². The van der Waals surface area contributed by atoms with Gasteiger partial charge in [-0.05, 0) is 67.9 Å². The molecule has 0 radical (unpaired) electrons. The normalized spacial score (nSPS) is 11.4. The fourth-order valence-electron chi connectivity index (χ4n) is 3.00. The molecule has 0 saturated carbocycles. The summed E-state index contributed by atoms with van der Waals surface area (Å²) in [6, 6.07) is 20.1. The SMILES string of the molecule is COc1ccc(C(=O)Nc2ccc(SC(C)C(=O)Nc3ccccc3C)cc2)cc1OC. The molecule has 0 aliphatic rings. The summed E-state index contributed by atoms with van der Waals surface area (Å²) in [6.45, 7) is 3.83. The van der Waals surface area contributed by atoms with Crippen molar-refractivity contribution in [2.45, 2.75) is 24.0 Å². The number of ether oxygens (including phenoxy) is 2. The minimum Gasteiger partial charge on any atom is -0.493 e. The Kier molecular flexibility index (Phi) is 7.78. The molecule has 3 aromatic rings. The second kappa shape index (κ2) is 10.7. The standard InChI is InChI=1S/C25H26N2O4S/c1-16-7-5-6-8-21(16)27-24(28)17(2)32-20-12-10-19(11-13-20)26-25(29)18-9-14-22(30-3)23(15-18)31-4/h5-15,17H,1-4H3,(H,26,29)(H,27,28). The molecule has 0 bridgehead atoms. The third kappa shape index (κ3) is 5.82. The maximum absolute atomic E-state index is 12.6. The quantitative estimate of drug-likeness (QED) is 0.451. The summed E-state index contributed by atoms with van der Waals surface area (Å²) in [5.74, 6) is 0.739. The van der Waals surface area contributed by atoms with Crippen LogP contribution < -0.4 is 20.1 Å². The Morgan fingerprint density at radius 3 is 2.22 bits per heavy atom. The first kappa shape index (κ1) is 23.2. The highest BCUT2D eigenvalue weighted by molar-refractivity contribution is 8.00. The van der Waals surface area contributed by atoms with E-state index in [1.807, 2.05) is 62.4 Å². The number of nitrogens with one attached hydrogen (secondary N) is 2. The van der Waals surface area contributed by atoms with Crippen molar-refractivity contribution in [3.8, 4) is 11.5 Å². The number of para-hydroxylation sites is 1. The van der Waals surface area contributed by atoms with Crippen molar-refractivity contribution in [3.63, 3.8) is 0 Å². The summed E-state index contributed by atoms with van der Waals surface area (Å²) in [6.07, 6.45) is 0. The maximum atomic E-state index is 12.6. The predicted molar refractivity (Wildman–Crippen MR) is 129 cm³/mol. The average Bonchev–Trinajstić information content (AvgIpc) is 2.81. The minimum atomic E-state index is -0.276. The molecule has 3 rings (SSSR count). The number of benzene rings is 3. The highest BCUT2D eigenvalue weighted by atomic mass is 32.2. The molecule has 0 fully saturated rings. The molecule has 0 aliphatic heterocycles. The summed E-state index contributed by atoms with van der Waals surface area (Å²) >= 11 is 1.45. The Hall–Kier alpha value is -3.45. The Morgan fingerprint density at radius 1 is 0.875 bits per heavy atom. The first-order valence-electron chi connectivity index (χ1n) is 10.1. The van der Waals surface area contributed by atoms with Gasteiger partial charge in [-0.1, -0.05) is 18.2 Å². The van der Waals surface area contributed by atoms with Crippen LogP contribution in [0, 0.1) is 6.92 Å². The zero-order valence-electron chi connectivity index (χ0n) is 18.5. The molecule has 1 unspecified atom stereocenters. The third-order valence-electron chi connectivity index (χ3n) is 4.84. The minimum absolute atomic E-state index is 0.0601. The van der Waals surface area contributed by atoms with E-state index in [-0.39, 0.29) is 17.1 Å². The fourth-order valence-corrected chi connectivity index (χ4v) is 3.87. The number of anilines is 2. The first-order chi connectivity index (χ1) is 15.4. The van der Waals surface area contributed by atoms with Gasteiger partial charge in [-0.3, -0.25) is 9.59 Å². The van der Waals surface area contributed by atoms with Gasteiger partial charge >= 0.3 is 0 Å². The van der Waals surface area contributed by atoms with E-state index < -0.39 is 0 Å². The molecular formula is C25H26N2O4S. The summed E-state index contributed by atoms with van der Waals surface area (Å²) < 4.78 is 10.5. The van der Waals surface area contributed by atoms with E-state index >= 15 is 0 Å². The third-order valence-corrected chi connectivity index (χ3v) is 5.95. The number of hydrogen-bond donors (Lipinski definition) is 2. The number of amides is 2. The highest BCUT2D eigenvalue weighted by Crippen LogP contribution is 2.29. The molecule has 0 spiro atoms. The van der Waals surface area contributed by atoms with E-state index in [9.17, 15) is 9.59 Å². The van der Waals surface area contributed by atoms with Crippen molar-refractivity contribution in [3.05, 3.63) is 77.9 Å². The van der Waals surface area contributed by atoms with E-state index in [1.54, 1.807) is 25.3 Å². The Balaban J connectivity index is 1.59. The van der Waals surface area contributed by atoms with E-state index in [2.05, 4.69) is 10.6 Å². The van der Waals surface area contributed by atoms with Crippen molar-refractivity contribution < 1.29 is 19.1 Å². The number of aryl methyl sites for hydroxylation is 1. The molecule has 3 aromatic carbocycles. The largest absolute Gasteiger partial charge is 0.493 e. The van der Waals surface area contributed by atoms with Crippen molar-refractivity contribution in [2.24, 2.45) is 0 Å². The maximum Gasteiger partial charge on any atom is 0.255 e. The molecule has 0 aromatic heterocycles. The molecule has 0 heterocycles. The fraction of sp³-hybridized carbons (Fsp3) is 0.200. The molecule has 7 heteroatoms. The van der Waals surface area contributed by atoms with E-state index in [4.69, 9.17) is 9.47 Å². The van der Waals surface area contributed by atoms with Gasteiger partial charge in [0.15, 0.2) is 11.5 Å². The summed E-state index contributed by atoms with van der Waals surface area (Å²) in [7, 11) is 3.07. The Morgan fingerprint density at radius 2 is 1.56 bits per heavy atom. The van der Waals surface area contributed by atoms with Gasteiger partial charge in [0.1, 0.15) is 0 Å². The molecule has 0 aliphatic carbocycles. The van der Waals surface area contributed by atoms with Crippen LogP contribution >= 0.6 is 11.8 Å². The number of thioether (sulfide) groups is 1. The van der Waals surface area contributed by atoms with Crippen LogP contribution in [0.25, 0.3) is 0 Å². The lowest BCUT2D eigenvalue weighted by atomic mass is 10.2. The van der Waals surface area contributed by atoms with Crippen LogP contribution in [0.1, 0.15) is 22.8 Å². The Bertz CT molecular complexity index is 1100. The summed E-state index contributed by atoms with van der Waals surface area (Å²) in [4.78, 5) is 26.0.